The Morgan fingerprint density at radius 2 is 1.92 bits per heavy atom. The van der Waals surface area contributed by atoms with Gasteiger partial charge in [-0.05, 0) is 35.9 Å². The van der Waals surface area contributed by atoms with Crippen molar-refractivity contribution < 1.29 is 23.5 Å². The van der Waals surface area contributed by atoms with Crippen LogP contribution >= 0.6 is 11.6 Å². The number of rotatable bonds is 6. The number of nitrogens with one attached hydrogen (secondary N) is 2. The van der Waals surface area contributed by atoms with Gasteiger partial charge in [0, 0.05) is 11.1 Å². The van der Waals surface area contributed by atoms with Gasteiger partial charge >= 0.3 is 12.0 Å². The minimum atomic E-state index is -0.745. The highest BCUT2D eigenvalue weighted by molar-refractivity contribution is 6.30. The highest BCUT2D eigenvalue weighted by Crippen LogP contribution is 2.10. The first kappa shape index (κ1) is 18.3. The van der Waals surface area contributed by atoms with Crippen molar-refractivity contribution in [3.63, 3.8) is 0 Å². The molecule has 2 rings (SSSR count). The van der Waals surface area contributed by atoms with E-state index in [4.69, 9.17) is 20.8 Å². The second-order valence-corrected chi connectivity index (χ2v) is 5.24. The molecule has 0 unspecified atom stereocenters. The van der Waals surface area contributed by atoms with Gasteiger partial charge in [0.15, 0.2) is 6.61 Å². The molecule has 7 nitrogen and oxygen atoms in total. The summed E-state index contributed by atoms with van der Waals surface area (Å²) in [5, 5.41) is 5.04. The summed E-state index contributed by atoms with van der Waals surface area (Å²) in [6, 6.07) is 9.45. The molecular formula is C17H15ClN2O5. The number of benzene rings is 1. The Labute approximate surface area is 148 Å². The molecule has 0 atom stereocenters. The van der Waals surface area contributed by atoms with Crippen LogP contribution in [0, 0.1) is 0 Å². The molecule has 0 saturated carbocycles. The number of halogens is 1. The number of ether oxygens (including phenoxy) is 1. The highest BCUT2D eigenvalue weighted by atomic mass is 35.5. The van der Waals surface area contributed by atoms with Gasteiger partial charge in [-0.3, -0.25) is 10.1 Å². The molecule has 2 N–H and O–H groups in total. The van der Waals surface area contributed by atoms with Crippen LogP contribution in [-0.4, -0.2) is 24.5 Å². The monoisotopic (exact) mass is 362 g/mol. The molecule has 0 aliphatic rings. The lowest BCUT2D eigenvalue weighted by Crippen LogP contribution is -2.41. The average molecular weight is 363 g/mol. The van der Waals surface area contributed by atoms with Gasteiger partial charge in [0.1, 0.15) is 5.76 Å². The minimum Gasteiger partial charge on any atom is -0.467 e. The van der Waals surface area contributed by atoms with E-state index in [0.717, 1.165) is 5.56 Å². The highest BCUT2D eigenvalue weighted by Gasteiger charge is 2.09. The van der Waals surface area contributed by atoms with E-state index >= 15 is 0 Å². The lowest BCUT2D eigenvalue weighted by Gasteiger charge is -2.05. The molecule has 3 amide bonds. The van der Waals surface area contributed by atoms with Crippen LogP contribution < -0.4 is 10.6 Å². The predicted octanol–water partition coefficient (Wildman–Crippen LogP) is 2.52. The normalized spacial score (nSPS) is 10.4. The molecule has 1 aromatic carbocycles. The van der Waals surface area contributed by atoms with Gasteiger partial charge in [-0.25, -0.2) is 9.59 Å². The Bertz CT molecular complexity index is 754. The van der Waals surface area contributed by atoms with Crippen LogP contribution in [-0.2, 0) is 20.9 Å². The quantitative estimate of drug-likeness (QED) is 0.608. The summed E-state index contributed by atoms with van der Waals surface area (Å²) in [6.07, 6.45) is 4.16. The zero-order valence-corrected chi connectivity index (χ0v) is 13.8. The molecule has 1 aromatic heterocycles. The van der Waals surface area contributed by atoms with E-state index < -0.39 is 24.5 Å². The van der Waals surface area contributed by atoms with Crippen molar-refractivity contribution >= 4 is 35.6 Å². The predicted molar refractivity (Wildman–Crippen MR) is 90.5 cm³/mol. The van der Waals surface area contributed by atoms with E-state index in [2.05, 4.69) is 5.32 Å². The van der Waals surface area contributed by atoms with Crippen molar-refractivity contribution in [3.8, 4) is 0 Å². The summed E-state index contributed by atoms with van der Waals surface area (Å²) in [6.45, 7) is -0.437. The lowest BCUT2D eigenvalue weighted by molar-refractivity contribution is -0.143. The van der Waals surface area contributed by atoms with Crippen LogP contribution in [0.5, 0.6) is 0 Å². The van der Waals surface area contributed by atoms with Gasteiger partial charge < -0.3 is 14.5 Å². The van der Waals surface area contributed by atoms with Gasteiger partial charge in [-0.2, -0.15) is 0 Å². The lowest BCUT2D eigenvalue weighted by atomic mass is 10.2. The van der Waals surface area contributed by atoms with Crippen LogP contribution in [0.2, 0.25) is 5.02 Å². The first-order chi connectivity index (χ1) is 12.0. The number of carbonyl (C=O) groups excluding carboxylic acids is 3. The number of esters is 1. The van der Waals surface area contributed by atoms with Gasteiger partial charge in [0.05, 0.1) is 12.8 Å². The number of furan rings is 1. The van der Waals surface area contributed by atoms with Crippen molar-refractivity contribution in [1.82, 2.24) is 10.6 Å². The fraction of sp³-hybridized carbons (Fsp3) is 0.118. The Morgan fingerprint density at radius 1 is 1.16 bits per heavy atom. The van der Waals surface area contributed by atoms with Crippen molar-refractivity contribution in [1.29, 1.82) is 0 Å². The molecule has 0 saturated heterocycles. The van der Waals surface area contributed by atoms with Gasteiger partial charge in [-0.1, -0.05) is 23.7 Å². The second-order valence-electron chi connectivity index (χ2n) is 4.80. The van der Waals surface area contributed by atoms with Crippen LogP contribution in [0.3, 0.4) is 0 Å². The number of hydrogen-bond donors (Lipinski definition) is 2. The maximum Gasteiger partial charge on any atom is 0.331 e. The molecule has 130 valence electrons. The first-order valence-corrected chi connectivity index (χ1v) is 7.61. The fourth-order valence-electron chi connectivity index (χ4n) is 1.71. The summed E-state index contributed by atoms with van der Waals surface area (Å²) in [7, 11) is 0. The Kier molecular flexibility index (Phi) is 6.79. The standard InChI is InChI=1S/C17H15ClN2O5/c18-13-6-3-12(4-7-13)5-8-16(22)25-11-15(21)20-17(23)19-10-14-2-1-9-24-14/h1-9H,10-11H2,(H2,19,20,21,23)/b8-5+. The maximum atomic E-state index is 11.5. The number of hydrogen-bond acceptors (Lipinski definition) is 5. The number of amides is 3. The summed E-state index contributed by atoms with van der Waals surface area (Å²) >= 11 is 5.75. The van der Waals surface area contributed by atoms with Gasteiger partial charge in [0.25, 0.3) is 5.91 Å². The summed E-state index contributed by atoms with van der Waals surface area (Å²) in [5.74, 6) is -0.910. The van der Waals surface area contributed by atoms with Crippen molar-refractivity contribution in [2.45, 2.75) is 6.54 Å². The number of urea groups is 1. The smallest absolute Gasteiger partial charge is 0.331 e. The zero-order valence-electron chi connectivity index (χ0n) is 13.0. The molecule has 0 aliphatic heterocycles. The Balaban J connectivity index is 1.67. The third-order valence-corrected chi connectivity index (χ3v) is 3.14. The van der Waals surface area contributed by atoms with Gasteiger partial charge in [-0.15, -0.1) is 0 Å². The van der Waals surface area contributed by atoms with E-state index in [-0.39, 0.29) is 6.54 Å². The first-order valence-electron chi connectivity index (χ1n) is 7.23. The largest absolute Gasteiger partial charge is 0.467 e. The molecule has 0 bridgehead atoms. The van der Waals surface area contributed by atoms with Crippen LogP contribution in [0.25, 0.3) is 6.08 Å². The fourth-order valence-corrected chi connectivity index (χ4v) is 1.84. The van der Waals surface area contributed by atoms with Gasteiger partial charge in [0.2, 0.25) is 0 Å². The third kappa shape index (κ3) is 6.92. The zero-order chi connectivity index (χ0) is 18.1. The third-order valence-electron chi connectivity index (χ3n) is 2.88. The van der Waals surface area contributed by atoms with E-state index in [9.17, 15) is 14.4 Å². The van der Waals surface area contributed by atoms with Crippen LogP contribution in [0.4, 0.5) is 4.79 Å². The molecule has 25 heavy (non-hydrogen) atoms. The molecule has 0 spiro atoms. The topological polar surface area (TPSA) is 97.6 Å². The van der Waals surface area contributed by atoms with E-state index in [1.165, 1.54) is 18.4 Å². The maximum absolute atomic E-state index is 11.5. The van der Waals surface area contributed by atoms with Crippen LogP contribution in [0.1, 0.15) is 11.3 Å². The Morgan fingerprint density at radius 3 is 2.60 bits per heavy atom. The molecule has 8 heteroatoms. The molecule has 1 heterocycles. The molecule has 0 radical (unpaired) electrons. The molecule has 2 aromatic rings. The summed E-state index contributed by atoms with van der Waals surface area (Å²) in [4.78, 5) is 34.5. The minimum absolute atomic E-state index is 0.135. The summed E-state index contributed by atoms with van der Waals surface area (Å²) < 4.78 is 9.76. The molecular weight excluding hydrogens is 348 g/mol. The van der Waals surface area contributed by atoms with Crippen LogP contribution in [0.15, 0.2) is 53.2 Å². The number of carbonyl (C=O) groups is 3. The number of imide groups is 1. The van der Waals surface area contributed by atoms with E-state index in [0.29, 0.717) is 10.8 Å². The Hall–Kier alpha value is -3.06. The molecule has 0 aliphatic carbocycles. The average Bonchev–Trinajstić information content (AvgIpc) is 3.11. The molecule has 0 fully saturated rings. The van der Waals surface area contributed by atoms with E-state index in [1.54, 1.807) is 36.4 Å². The van der Waals surface area contributed by atoms with Crippen molar-refractivity contribution in [2.75, 3.05) is 6.61 Å². The van der Waals surface area contributed by atoms with Crippen molar-refractivity contribution in [2.24, 2.45) is 0 Å². The summed E-state index contributed by atoms with van der Waals surface area (Å²) in [5.41, 5.74) is 0.753. The SMILES string of the molecule is O=C(COC(=O)/C=C/c1ccc(Cl)cc1)NC(=O)NCc1ccco1. The van der Waals surface area contributed by atoms with Crippen molar-refractivity contribution in [3.05, 3.63) is 65.1 Å². The second kappa shape index (κ2) is 9.29. The van der Waals surface area contributed by atoms with E-state index in [1.807, 2.05) is 5.32 Å².